The molecule has 1 N–H and O–H groups in total. The number of aromatic amines is 1. The van der Waals surface area contributed by atoms with Crippen molar-refractivity contribution in [3.63, 3.8) is 0 Å². The highest BCUT2D eigenvalue weighted by Gasteiger charge is 2.10. The summed E-state index contributed by atoms with van der Waals surface area (Å²) in [6.45, 7) is 0. The van der Waals surface area contributed by atoms with Crippen LogP contribution in [0.15, 0.2) is 38.9 Å². The van der Waals surface area contributed by atoms with Crippen molar-refractivity contribution in [1.29, 1.82) is 0 Å². The van der Waals surface area contributed by atoms with Gasteiger partial charge in [-0.1, -0.05) is 0 Å². The molecule has 96 valence electrons. The molecule has 2 aromatic heterocycles. The van der Waals surface area contributed by atoms with Crippen LogP contribution in [0.5, 0.6) is 0 Å². The lowest BCUT2D eigenvalue weighted by atomic mass is 10.3. The first-order valence-electron chi connectivity index (χ1n) is 5.26. The quantitative estimate of drug-likeness (QED) is 0.669. The first-order valence-corrected chi connectivity index (χ1v) is 7.34. The number of aromatic nitrogens is 2. The van der Waals surface area contributed by atoms with Gasteiger partial charge in [0.15, 0.2) is 4.77 Å². The molecule has 0 amide bonds. The number of benzene rings is 1. The van der Waals surface area contributed by atoms with E-state index in [1.165, 1.54) is 34.1 Å². The van der Waals surface area contributed by atoms with Gasteiger partial charge in [0.05, 0.1) is 15.7 Å². The molecule has 2 heterocycles. The summed E-state index contributed by atoms with van der Waals surface area (Å²) in [5.74, 6) is -0.385. The van der Waals surface area contributed by atoms with Crippen LogP contribution in [0, 0.1) is 10.6 Å². The third-order valence-electron chi connectivity index (χ3n) is 2.67. The lowest BCUT2D eigenvalue weighted by Gasteiger charge is -2.07. The number of rotatable bonds is 1. The molecule has 1 aromatic carbocycles. The predicted molar refractivity (Wildman–Crippen MR) is 80.3 cm³/mol. The molecule has 0 bridgehead atoms. The van der Waals surface area contributed by atoms with Gasteiger partial charge in [-0.15, -0.1) is 11.3 Å². The molecule has 19 heavy (non-hydrogen) atoms. The Morgan fingerprint density at radius 1 is 1.37 bits per heavy atom. The third-order valence-corrected chi connectivity index (χ3v) is 4.46. The maximum Gasteiger partial charge on any atom is 0.276 e. The number of halogens is 2. The fourth-order valence-electron chi connectivity index (χ4n) is 1.80. The molecule has 0 aliphatic carbocycles. The van der Waals surface area contributed by atoms with E-state index in [4.69, 9.17) is 12.2 Å². The lowest BCUT2D eigenvalue weighted by molar-refractivity contribution is 0.620. The van der Waals surface area contributed by atoms with Crippen LogP contribution in [0.2, 0.25) is 0 Å². The van der Waals surface area contributed by atoms with E-state index in [0.29, 0.717) is 10.4 Å². The highest BCUT2D eigenvalue weighted by atomic mass is 79.9. The van der Waals surface area contributed by atoms with Gasteiger partial charge in [-0.2, -0.15) is 0 Å². The normalized spacial score (nSPS) is 11.1. The largest absolute Gasteiger partial charge is 0.331 e. The van der Waals surface area contributed by atoms with E-state index in [1.807, 2.05) is 11.4 Å². The predicted octanol–water partition coefficient (Wildman–Crippen LogP) is 4.01. The van der Waals surface area contributed by atoms with Crippen molar-refractivity contribution in [2.24, 2.45) is 0 Å². The standard InChI is InChI=1S/C12H6BrFN2OS2/c13-7-5-6(1-2-8(7)14)16-11(17)10-9(3-4-19-10)15-12(16)18/h1-5H,(H,15,18). The van der Waals surface area contributed by atoms with Crippen LogP contribution in [0.1, 0.15) is 0 Å². The Labute approximate surface area is 124 Å². The molecular formula is C12H6BrFN2OS2. The second-order valence-corrected chi connectivity index (χ2v) is 5.99. The molecule has 0 spiro atoms. The summed E-state index contributed by atoms with van der Waals surface area (Å²) >= 11 is 9.64. The summed E-state index contributed by atoms with van der Waals surface area (Å²) in [5, 5.41) is 1.82. The second kappa shape index (κ2) is 4.66. The van der Waals surface area contributed by atoms with Crippen LogP contribution in [0.4, 0.5) is 4.39 Å². The van der Waals surface area contributed by atoms with Crippen molar-refractivity contribution in [2.75, 3.05) is 0 Å². The number of H-pyrrole nitrogens is 1. The minimum absolute atomic E-state index is 0.202. The lowest BCUT2D eigenvalue weighted by Crippen LogP contribution is -2.19. The van der Waals surface area contributed by atoms with Crippen LogP contribution >= 0.6 is 39.5 Å². The maximum atomic E-state index is 13.3. The van der Waals surface area contributed by atoms with Gasteiger partial charge in [0.1, 0.15) is 10.5 Å². The van der Waals surface area contributed by atoms with E-state index in [-0.39, 0.29) is 20.6 Å². The van der Waals surface area contributed by atoms with Crippen molar-refractivity contribution in [3.05, 3.63) is 55.1 Å². The van der Waals surface area contributed by atoms with E-state index in [9.17, 15) is 9.18 Å². The van der Waals surface area contributed by atoms with Gasteiger partial charge in [0, 0.05) is 0 Å². The molecule has 3 rings (SSSR count). The topological polar surface area (TPSA) is 37.8 Å². The summed E-state index contributed by atoms with van der Waals surface area (Å²) < 4.78 is 15.8. The average Bonchev–Trinajstić information content (AvgIpc) is 2.82. The monoisotopic (exact) mass is 356 g/mol. The van der Waals surface area contributed by atoms with Gasteiger partial charge in [0.25, 0.3) is 5.56 Å². The molecule has 0 radical (unpaired) electrons. The molecule has 0 fully saturated rings. The fraction of sp³-hybridized carbons (Fsp3) is 0. The number of nitrogens with one attached hydrogen (secondary N) is 1. The van der Waals surface area contributed by atoms with E-state index < -0.39 is 0 Å². The number of hydrogen-bond donors (Lipinski definition) is 1. The fourth-order valence-corrected chi connectivity index (χ4v) is 3.24. The molecule has 0 aliphatic heterocycles. The first kappa shape index (κ1) is 12.7. The second-order valence-electron chi connectivity index (χ2n) is 3.83. The number of fused-ring (bicyclic) bond motifs is 1. The van der Waals surface area contributed by atoms with Crippen molar-refractivity contribution in [2.45, 2.75) is 0 Å². The van der Waals surface area contributed by atoms with Gasteiger partial charge in [0.2, 0.25) is 0 Å². The zero-order valence-electron chi connectivity index (χ0n) is 9.31. The third kappa shape index (κ3) is 2.07. The van der Waals surface area contributed by atoms with Gasteiger partial charge in [-0.05, 0) is 57.8 Å². The molecule has 7 heteroatoms. The Bertz CT molecular complexity index is 897. The van der Waals surface area contributed by atoms with E-state index in [0.717, 1.165) is 5.52 Å². The minimum atomic E-state index is -0.385. The molecule has 3 aromatic rings. The molecule has 0 aliphatic rings. The highest BCUT2D eigenvalue weighted by molar-refractivity contribution is 9.10. The number of nitrogens with zero attached hydrogens (tertiary/aromatic N) is 1. The Morgan fingerprint density at radius 2 is 2.16 bits per heavy atom. The van der Waals surface area contributed by atoms with Crippen LogP contribution in [0.25, 0.3) is 15.9 Å². The van der Waals surface area contributed by atoms with Gasteiger partial charge in [-0.3, -0.25) is 9.36 Å². The molecule has 0 atom stereocenters. The van der Waals surface area contributed by atoms with Crippen LogP contribution < -0.4 is 5.56 Å². The maximum absolute atomic E-state index is 13.3. The van der Waals surface area contributed by atoms with Gasteiger partial charge in [-0.25, -0.2) is 4.39 Å². The molecule has 0 unspecified atom stereocenters. The summed E-state index contributed by atoms with van der Waals surface area (Å²) in [5.41, 5.74) is 1.04. The van der Waals surface area contributed by atoms with Crippen molar-refractivity contribution in [3.8, 4) is 5.69 Å². The van der Waals surface area contributed by atoms with Crippen LogP contribution in [-0.2, 0) is 0 Å². The molecule has 0 saturated heterocycles. The minimum Gasteiger partial charge on any atom is -0.331 e. The van der Waals surface area contributed by atoms with E-state index in [1.54, 1.807) is 0 Å². The number of hydrogen-bond acceptors (Lipinski definition) is 3. The summed E-state index contributed by atoms with van der Waals surface area (Å²) in [7, 11) is 0. The Kier molecular flexibility index (Phi) is 3.12. The van der Waals surface area contributed by atoms with Crippen molar-refractivity contribution < 1.29 is 4.39 Å². The summed E-state index contributed by atoms with van der Waals surface area (Å²) in [4.78, 5) is 15.4. The smallest absolute Gasteiger partial charge is 0.276 e. The van der Waals surface area contributed by atoms with E-state index >= 15 is 0 Å². The zero-order chi connectivity index (χ0) is 13.6. The first-order chi connectivity index (χ1) is 9.08. The van der Waals surface area contributed by atoms with Crippen LogP contribution in [0.3, 0.4) is 0 Å². The summed E-state index contributed by atoms with van der Waals surface area (Å²) in [6, 6.07) is 6.14. The zero-order valence-corrected chi connectivity index (χ0v) is 12.5. The SMILES string of the molecule is O=c1c2sccc2[nH]c(=S)n1-c1ccc(F)c(Br)c1. The van der Waals surface area contributed by atoms with E-state index in [2.05, 4.69) is 20.9 Å². The molecule has 3 nitrogen and oxygen atoms in total. The Hall–Kier alpha value is -1.31. The van der Waals surface area contributed by atoms with Gasteiger partial charge >= 0.3 is 0 Å². The average molecular weight is 357 g/mol. The van der Waals surface area contributed by atoms with Gasteiger partial charge < -0.3 is 4.98 Å². The van der Waals surface area contributed by atoms with Crippen LogP contribution in [-0.4, -0.2) is 9.55 Å². The molecular weight excluding hydrogens is 351 g/mol. The molecule has 0 saturated carbocycles. The van der Waals surface area contributed by atoms with Crippen molar-refractivity contribution in [1.82, 2.24) is 9.55 Å². The Balaban J connectivity index is 2.38. The summed E-state index contributed by atoms with van der Waals surface area (Å²) in [6.07, 6.45) is 0. The highest BCUT2D eigenvalue weighted by Crippen LogP contribution is 2.20. The Morgan fingerprint density at radius 3 is 2.89 bits per heavy atom. The number of thiophene rings is 1. The van der Waals surface area contributed by atoms with Crippen molar-refractivity contribution >= 4 is 49.7 Å².